The number of halogens is 2. The second kappa shape index (κ2) is 7.37. The molecule has 3 rings (SSSR count). The van der Waals surface area contributed by atoms with Crippen LogP contribution in [0.4, 0.5) is 0 Å². The molecule has 8 heteroatoms. The number of amides is 2. The van der Waals surface area contributed by atoms with E-state index in [1.54, 1.807) is 29.2 Å². The molecule has 25 heavy (non-hydrogen) atoms. The predicted molar refractivity (Wildman–Crippen MR) is 95.6 cm³/mol. The van der Waals surface area contributed by atoms with Gasteiger partial charge in [0.15, 0.2) is 0 Å². The Labute approximate surface area is 155 Å². The van der Waals surface area contributed by atoms with Gasteiger partial charge in [-0.1, -0.05) is 29.3 Å². The monoisotopic (exact) mass is 378 g/mol. The molecule has 0 saturated carbocycles. The van der Waals surface area contributed by atoms with E-state index in [-0.39, 0.29) is 17.9 Å². The third kappa shape index (κ3) is 4.08. The Balaban J connectivity index is 1.78. The average molecular weight is 379 g/mol. The highest BCUT2D eigenvalue weighted by Gasteiger charge is 2.28. The summed E-state index contributed by atoms with van der Waals surface area (Å²) in [5.41, 5.74) is 1.65. The van der Waals surface area contributed by atoms with Crippen molar-refractivity contribution in [3.8, 4) is 11.3 Å². The van der Waals surface area contributed by atoms with Crippen LogP contribution >= 0.6 is 23.2 Å². The Bertz CT molecular complexity index is 828. The highest BCUT2D eigenvalue weighted by atomic mass is 35.5. The minimum Gasteiger partial charge on any atom is -0.352 e. The molecule has 1 N–H and O–H groups in total. The molecule has 2 heterocycles. The third-order valence-electron chi connectivity index (χ3n) is 3.98. The lowest BCUT2D eigenvalue weighted by Gasteiger charge is -2.16. The first-order valence-corrected chi connectivity index (χ1v) is 8.53. The molecule has 1 fully saturated rings. The van der Waals surface area contributed by atoms with Gasteiger partial charge in [0.2, 0.25) is 5.91 Å². The number of aromatic nitrogens is 2. The van der Waals surface area contributed by atoms with Gasteiger partial charge in [-0.2, -0.15) is 0 Å². The van der Waals surface area contributed by atoms with Crippen molar-refractivity contribution in [3.05, 3.63) is 46.3 Å². The maximum atomic E-state index is 12.7. The number of benzene rings is 1. The molecule has 1 unspecified atom stereocenters. The summed E-state index contributed by atoms with van der Waals surface area (Å²) in [4.78, 5) is 33.8. The largest absolute Gasteiger partial charge is 0.352 e. The van der Waals surface area contributed by atoms with Gasteiger partial charge in [-0.3, -0.25) is 9.59 Å². The topological polar surface area (TPSA) is 75.2 Å². The number of carbonyl (C=O) groups is 2. The van der Waals surface area contributed by atoms with Gasteiger partial charge >= 0.3 is 0 Å². The van der Waals surface area contributed by atoms with Crippen LogP contribution in [-0.2, 0) is 4.79 Å². The van der Waals surface area contributed by atoms with Crippen molar-refractivity contribution in [1.29, 1.82) is 0 Å². The number of hydrogen-bond donors (Lipinski definition) is 1. The van der Waals surface area contributed by atoms with Gasteiger partial charge in [-0.05, 0) is 24.6 Å². The van der Waals surface area contributed by atoms with Crippen LogP contribution in [0, 0.1) is 0 Å². The molecular formula is C17H16Cl2N4O2. The molecule has 1 aliphatic rings. The lowest BCUT2D eigenvalue weighted by molar-refractivity contribution is -0.119. The van der Waals surface area contributed by atoms with Crippen molar-refractivity contribution in [3.63, 3.8) is 0 Å². The molecule has 1 aromatic carbocycles. The minimum absolute atomic E-state index is 0.0159. The van der Waals surface area contributed by atoms with E-state index in [0.29, 0.717) is 34.5 Å². The van der Waals surface area contributed by atoms with Gasteiger partial charge in [-0.15, -0.1) is 0 Å². The zero-order valence-electron chi connectivity index (χ0n) is 13.5. The van der Waals surface area contributed by atoms with Gasteiger partial charge in [-0.25, -0.2) is 9.97 Å². The van der Waals surface area contributed by atoms with Gasteiger partial charge in [0.05, 0.1) is 15.7 Å². The Morgan fingerprint density at radius 2 is 2.00 bits per heavy atom. The number of rotatable bonds is 3. The van der Waals surface area contributed by atoms with Crippen LogP contribution < -0.4 is 5.32 Å². The first kappa shape index (κ1) is 17.6. The fraction of sp³-hybridized carbons (Fsp3) is 0.294. The smallest absolute Gasteiger partial charge is 0.272 e. The molecule has 0 bridgehead atoms. The molecule has 0 aliphatic carbocycles. The fourth-order valence-corrected chi connectivity index (χ4v) is 3.10. The number of hydrogen-bond acceptors (Lipinski definition) is 4. The van der Waals surface area contributed by atoms with Crippen LogP contribution in [0.15, 0.2) is 30.6 Å². The highest BCUT2D eigenvalue weighted by Crippen LogP contribution is 2.27. The van der Waals surface area contributed by atoms with Crippen LogP contribution in [0.2, 0.25) is 10.0 Å². The van der Waals surface area contributed by atoms with E-state index in [1.165, 1.54) is 13.3 Å². The molecule has 1 aliphatic heterocycles. The number of nitrogens with one attached hydrogen (secondary N) is 1. The SMILES string of the molecule is CC(=O)NC1CCN(C(=O)c2cc(-c3ccc(Cl)c(Cl)c3)ncn2)C1. The van der Waals surface area contributed by atoms with Crippen LogP contribution in [0.5, 0.6) is 0 Å². The van der Waals surface area contributed by atoms with Crippen LogP contribution in [-0.4, -0.2) is 45.8 Å². The summed E-state index contributed by atoms with van der Waals surface area (Å²) in [6, 6.07) is 6.78. The van der Waals surface area contributed by atoms with Crippen LogP contribution in [0.25, 0.3) is 11.3 Å². The van der Waals surface area contributed by atoms with E-state index in [2.05, 4.69) is 15.3 Å². The molecule has 2 aromatic rings. The standard InChI is InChI=1S/C17H16Cl2N4O2/c1-10(24)22-12-4-5-23(8-12)17(25)16-7-15(20-9-21-16)11-2-3-13(18)14(19)6-11/h2-3,6-7,9,12H,4-5,8H2,1H3,(H,22,24). The lowest BCUT2D eigenvalue weighted by atomic mass is 10.1. The Morgan fingerprint density at radius 1 is 1.20 bits per heavy atom. The Kier molecular flexibility index (Phi) is 5.20. The zero-order chi connectivity index (χ0) is 18.0. The fourth-order valence-electron chi connectivity index (χ4n) is 2.80. The summed E-state index contributed by atoms with van der Waals surface area (Å²) < 4.78 is 0. The first-order chi connectivity index (χ1) is 11.9. The predicted octanol–water partition coefficient (Wildman–Crippen LogP) is 2.80. The summed E-state index contributed by atoms with van der Waals surface area (Å²) >= 11 is 12.0. The Hall–Kier alpha value is -2.18. The van der Waals surface area contributed by atoms with Gasteiger partial charge in [0.25, 0.3) is 5.91 Å². The first-order valence-electron chi connectivity index (χ1n) is 7.78. The second-order valence-corrected chi connectivity index (χ2v) is 6.67. The molecule has 130 valence electrons. The summed E-state index contributed by atoms with van der Waals surface area (Å²) in [5.74, 6) is -0.278. The Morgan fingerprint density at radius 3 is 2.72 bits per heavy atom. The van der Waals surface area contributed by atoms with Crippen LogP contribution in [0.1, 0.15) is 23.8 Å². The van der Waals surface area contributed by atoms with Crippen LogP contribution in [0.3, 0.4) is 0 Å². The summed E-state index contributed by atoms with van der Waals surface area (Å²) in [6.07, 6.45) is 2.09. The minimum atomic E-state index is -0.184. The number of likely N-dealkylation sites (tertiary alicyclic amines) is 1. The van der Waals surface area contributed by atoms with Crippen molar-refractivity contribution in [1.82, 2.24) is 20.2 Å². The molecule has 6 nitrogen and oxygen atoms in total. The van der Waals surface area contributed by atoms with Crippen molar-refractivity contribution >= 4 is 35.0 Å². The molecule has 0 spiro atoms. The molecule has 0 radical (unpaired) electrons. The van der Waals surface area contributed by atoms with Gasteiger partial charge in [0, 0.05) is 31.6 Å². The second-order valence-electron chi connectivity index (χ2n) is 5.85. The molecule has 1 atom stereocenters. The van der Waals surface area contributed by atoms with E-state index in [1.807, 2.05) is 0 Å². The molecular weight excluding hydrogens is 363 g/mol. The molecule has 1 aromatic heterocycles. The number of nitrogens with zero attached hydrogens (tertiary/aromatic N) is 3. The third-order valence-corrected chi connectivity index (χ3v) is 4.72. The number of carbonyl (C=O) groups excluding carboxylic acids is 2. The highest BCUT2D eigenvalue weighted by molar-refractivity contribution is 6.42. The normalized spacial score (nSPS) is 16.8. The van der Waals surface area contributed by atoms with Crippen molar-refractivity contribution in [2.24, 2.45) is 0 Å². The maximum absolute atomic E-state index is 12.7. The van der Waals surface area contributed by atoms with Gasteiger partial charge in [0.1, 0.15) is 12.0 Å². The van der Waals surface area contributed by atoms with E-state index in [0.717, 1.165) is 12.0 Å². The van der Waals surface area contributed by atoms with E-state index < -0.39 is 0 Å². The van der Waals surface area contributed by atoms with Crippen molar-refractivity contribution < 1.29 is 9.59 Å². The summed E-state index contributed by atoms with van der Waals surface area (Å²) in [6.45, 7) is 2.53. The quantitative estimate of drug-likeness (QED) is 0.890. The van der Waals surface area contributed by atoms with E-state index in [9.17, 15) is 9.59 Å². The maximum Gasteiger partial charge on any atom is 0.272 e. The molecule has 1 saturated heterocycles. The van der Waals surface area contributed by atoms with E-state index in [4.69, 9.17) is 23.2 Å². The van der Waals surface area contributed by atoms with Gasteiger partial charge < -0.3 is 10.2 Å². The zero-order valence-corrected chi connectivity index (χ0v) is 15.0. The van der Waals surface area contributed by atoms with Crippen molar-refractivity contribution in [2.45, 2.75) is 19.4 Å². The summed E-state index contributed by atoms with van der Waals surface area (Å²) in [7, 11) is 0. The summed E-state index contributed by atoms with van der Waals surface area (Å²) in [5, 5.41) is 3.71. The lowest BCUT2D eigenvalue weighted by Crippen LogP contribution is -2.37. The van der Waals surface area contributed by atoms with Crippen molar-refractivity contribution in [2.75, 3.05) is 13.1 Å². The molecule has 2 amide bonds. The van der Waals surface area contributed by atoms with E-state index >= 15 is 0 Å². The average Bonchev–Trinajstić information content (AvgIpc) is 3.04.